The lowest BCUT2D eigenvalue weighted by atomic mass is 10.1. The predicted octanol–water partition coefficient (Wildman–Crippen LogP) is 3.45. The Kier molecular flexibility index (Phi) is 8.11. The normalized spacial score (nSPS) is 11.3. The molecule has 0 saturated carbocycles. The molecular formula is C24H33N3O3. The molecule has 0 unspecified atom stereocenters. The highest BCUT2D eigenvalue weighted by molar-refractivity contribution is 6.06. The molecule has 0 atom stereocenters. The van der Waals surface area contributed by atoms with Gasteiger partial charge in [0.25, 0.3) is 5.56 Å². The van der Waals surface area contributed by atoms with Crippen molar-refractivity contribution in [2.45, 2.75) is 26.7 Å². The highest BCUT2D eigenvalue weighted by Gasteiger charge is 2.11. The van der Waals surface area contributed by atoms with E-state index in [0.29, 0.717) is 18.6 Å². The van der Waals surface area contributed by atoms with Crippen LogP contribution in [0.3, 0.4) is 0 Å². The number of hydrogen-bond acceptors (Lipinski definition) is 5. The molecule has 6 nitrogen and oxygen atoms in total. The Balaban J connectivity index is 1.81. The fraction of sp³-hybridized carbons (Fsp3) is 0.458. The average Bonchev–Trinajstić information content (AvgIpc) is 2.77. The van der Waals surface area contributed by atoms with Crippen LogP contribution in [0.1, 0.15) is 26.7 Å². The fourth-order valence-electron chi connectivity index (χ4n) is 3.51. The summed E-state index contributed by atoms with van der Waals surface area (Å²) in [5.41, 5.74) is 0.831. The molecule has 0 aliphatic heterocycles. The van der Waals surface area contributed by atoms with Gasteiger partial charge in [-0.05, 0) is 61.6 Å². The van der Waals surface area contributed by atoms with E-state index in [2.05, 4.69) is 24.5 Å². The first kappa shape index (κ1) is 22.1. The zero-order chi connectivity index (χ0) is 21.3. The van der Waals surface area contributed by atoms with E-state index < -0.39 is 0 Å². The van der Waals surface area contributed by atoms with Crippen molar-refractivity contribution in [1.82, 2.24) is 15.2 Å². The van der Waals surface area contributed by atoms with Crippen LogP contribution in [-0.4, -0.2) is 44.0 Å². The molecule has 0 aliphatic rings. The molecule has 3 aromatic rings. The van der Waals surface area contributed by atoms with Gasteiger partial charge in [-0.3, -0.25) is 4.79 Å². The number of aryl methyl sites for hydroxylation is 1. The van der Waals surface area contributed by atoms with Crippen LogP contribution in [0, 0.1) is 0 Å². The fourth-order valence-corrected chi connectivity index (χ4v) is 3.51. The summed E-state index contributed by atoms with van der Waals surface area (Å²) in [6.07, 6.45) is 2.20. The monoisotopic (exact) mass is 411 g/mol. The second-order valence-corrected chi connectivity index (χ2v) is 7.45. The summed E-state index contributed by atoms with van der Waals surface area (Å²) in [6, 6.07) is 11.7. The van der Waals surface area contributed by atoms with Gasteiger partial charge in [-0.1, -0.05) is 13.8 Å². The average molecular weight is 412 g/mol. The summed E-state index contributed by atoms with van der Waals surface area (Å²) < 4.78 is 13.4. The lowest BCUT2D eigenvalue weighted by molar-refractivity contribution is 0.314. The largest absolute Gasteiger partial charge is 0.492 e. The first-order chi connectivity index (χ1) is 14.7. The van der Waals surface area contributed by atoms with E-state index in [1.807, 2.05) is 36.4 Å². The van der Waals surface area contributed by atoms with E-state index in [9.17, 15) is 4.79 Å². The minimum Gasteiger partial charge on any atom is -0.492 e. The molecule has 0 fully saturated rings. The highest BCUT2D eigenvalue weighted by atomic mass is 16.5. The first-order valence-corrected chi connectivity index (χ1v) is 10.9. The minimum absolute atomic E-state index is 0.0335. The SMILES string of the molecule is CCCNCCOc1ccc2c(c1)c(=O)n(C)c1cc(OCCNCCC)ccc21. The summed E-state index contributed by atoms with van der Waals surface area (Å²) in [5, 5.41) is 9.26. The van der Waals surface area contributed by atoms with Crippen molar-refractivity contribution in [3.63, 3.8) is 0 Å². The maximum absolute atomic E-state index is 13.0. The Hall–Kier alpha value is -2.57. The third-order valence-corrected chi connectivity index (χ3v) is 5.10. The van der Waals surface area contributed by atoms with Gasteiger partial charge in [0.1, 0.15) is 24.7 Å². The number of nitrogens with zero attached hydrogens (tertiary/aromatic N) is 1. The van der Waals surface area contributed by atoms with E-state index in [4.69, 9.17) is 9.47 Å². The summed E-state index contributed by atoms with van der Waals surface area (Å²) in [7, 11) is 1.80. The Morgan fingerprint density at radius 3 is 1.93 bits per heavy atom. The second-order valence-electron chi connectivity index (χ2n) is 7.45. The van der Waals surface area contributed by atoms with Gasteiger partial charge in [0, 0.05) is 31.6 Å². The number of hydrogen-bond donors (Lipinski definition) is 2. The van der Waals surface area contributed by atoms with E-state index in [-0.39, 0.29) is 5.56 Å². The van der Waals surface area contributed by atoms with Gasteiger partial charge in [0.15, 0.2) is 0 Å². The molecule has 0 saturated heterocycles. The number of benzene rings is 2. The molecular weight excluding hydrogens is 378 g/mol. The Labute approximate surface area is 178 Å². The zero-order valence-corrected chi connectivity index (χ0v) is 18.3. The van der Waals surface area contributed by atoms with E-state index in [0.717, 1.165) is 66.8 Å². The van der Waals surface area contributed by atoms with Crippen molar-refractivity contribution in [3.8, 4) is 11.5 Å². The van der Waals surface area contributed by atoms with Crippen molar-refractivity contribution in [2.24, 2.45) is 7.05 Å². The van der Waals surface area contributed by atoms with Gasteiger partial charge in [0.05, 0.1) is 10.9 Å². The number of fused-ring (bicyclic) bond motifs is 3. The topological polar surface area (TPSA) is 64.5 Å². The number of aromatic nitrogens is 1. The number of rotatable bonds is 12. The predicted molar refractivity (Wildman–Crippen MR) is 124 cm³/mol. The molecule has 6 heteroatoms. The molecule has 1 aromatic heterocycles. The molecule has 2 aromatic carbocycles. The van der Waals surface area contributed by atoms with Crippen LogP contribution >= 0.6 is 0 Å². The molecule has 30 heavy (non-hydrogen) atoms. The van der Waals surface area contributed by atoms with Crippen molar-refractivity contribution in [3.05, 3.63) is 46.8 Å². The molecule has 2 N–H and O–H groups in total. The zero-order valence-electron chi connectivity index (χ0n) is 18.3. The van der Waals surface area contributed by atoms with Gasteiger partial charge in [0.2, 0.25) is 0 Å². The molecule has 162 valence electrons. The lowest BCUT2D eigenvalue weighted by Crippen LogP contribution is -2.22. The maximum atomic E-state index is 13.0. The summed E-state index contributed by atoms with van der Waals surface area (Å²) in [6.45, 7) is 9.02. The summed E-state index contributed by atoms with van der Waals surface area (Å²) in [4.78, 5) is 13.0. The molecule has 3 rings (SSSR count). The van der Waals surface area contributed by atoms with Gasteiger partial charge in [-0.15, -0.1) is 0 Å². The molecule has 0 aliphatic carbocycles. The Morgan fingerprint density at radius 2 is 1.33 bits per heavy atom. The van der Waals surface area contributed by atoms with E-state index in [1.165, 1.54) is 0 Å². The third kappa shape index (κ3) is 5.32. The second kappa shape index (κ2) is 11.0. The molecule has 0 radical (unpaired) electrons. The van der Waals surface area contributed by atoms with Crippen molar-refractivity contribution >= 4 is 21.7 Å². The van der Waals surface area contributed by atoms with Gasteiger partial charge < -0.3 is 24.7 Å². The van der Waals surface area contributed by atoms with Crippen LogP contribution in [0.15, 0.2) is 41.2 Å². The van der Waals surface area contributed by atoms with Crippen LogP contribution in [0.5, 0.6) is 11.5 Å². The minimum atomic E-state index is -0.0335. The third-order valence-electron chi connectivity index (χ3n) is 5.10. The number of pyridine rings is 1. The van der Waals surface area contributed by atoms with Crippen LogP contribution in [0.4, 0.5) is 0 Å². The van der Waals surface area contributed by atoms with E-state index in [1.54, 1.807) is 11.6 Å². The van der Waals surface area contributed by atoms with Crippen LogP contribution in [0.2, 0.25) is 0 Å². The molecule has 0 spiro atoms. The summed E-state index contributed by atoms with van der Waals surface area (Å²) >= 11 is 0. The van der Waals surface area contributed by atoms with Crippen LogP contribution in [0.25, 0.3) is 21.7 Å². The number of ether oxygens (including phenoxy) is 2. The standard InChI is InChI=1S/C24H33N3O3/c1-4-10-25-12-14-29-18-6-8-20-21-9-7-19(30-15-13-26-11-5-2)17-23(21)27(3)24(28)22(20)16-18/h6-9,16-17,25-26H,4-5,10-15H2,1-3H3. The van der Waals surface area contributed by atoms with Gasteiger partial charge >= 0.3 is 0 Å². The van der Waals surface area contributed by atoms with Crippen LogP contribution < -0.4 is 25.7 Å². The van der Waals surface area contributed by atoms with E-state index >= 15 is 0 Å². The van der Waals surface area contributed by atoms with Crippen molar-refractivity contribution in [1.29, 1.82) is 0 Å². The van der Waals surface area contributed by atoms with Gasteiger partial charge in [-0.25, -0.2) is 0 Å². The smallest absolute Gasteiger partial charge is 0.258 e. The van der Waals surface area contributed by atoms with Crippen molar-refractivity contribution in [2.75, 3.05) is 39.4 Å². The molecule has 0 bridgehead atoms. The van der Waals surface area contributed by atoms with Gasteiger partial charge in [-0.2, -0.15) is 0 Å². The number of nitrogens with one attached hydrogen (secondary N) is 2. The Bertz CT molecular complexity index is 1030. The summed E-state index contributed by atoms with van der Waals surface area (Å²) in [5.74, 6) is 1.49. The molecule has 1 heterocycles. The molecule has 0 amide bonds. The maximum Gasteiger partial charge on any atom is 0.258 e. The highest BCUT2D eigenvalue weighted by Crippen LogP contribution is 2.28. The lowest BCUT2D eigenvalue weighted by Gasteiger charge is -2.13. The first-order valence-electron chi connectivity index (χ1n) is 10.9. The van der Waals surface area contributed by atoms with Crippen molar-refractivity contribution < 1.29 is 9.47 Å². The van der Waals surface area contributed by atoms with Crippen LogP contribution in [-0.2, 0) is 7.05 Å². The quantitative estimate of drug-likeness (QED) is 0.353. The Morgan fingerprint density at radius 1 is 0.767 bits per heavy atom.